The van der Waals surface area contributed by atoms with Crippen LogP contribution < -0.4 is 10.2 Å². The standard InChI is InChI=1S/C16H17N3O3S/c20-15(21)13-6-11-23-14(13)17-16(22)19-9-7-18(8-10-19)12-4-2-1-3-5-12/h1-6,11H,7-10H2,(H,17,22)(H,20,21). The third-order valence-corrected chi connectivity index (χ3v) is 4.63. The molecule has 0 atom stereocenters. The number of urea groups is 1. The number of hydrogen-bond donors (Lipinski definition) is 2. The van der Waals surface area contributed by atoms with Gasteiger partial charge in [0.15, 0.2) is 0 Å². The van der Waals surface area contributed by atoms with E-state index >= 15 is 0 Å². The van der Waals surface area contributed by atoms with Crippen molar-refractivity contribution >= 4 is 34.0 Å². The Labute approximate surface area is 137 Å². The summed E-state index contributed by atoms with van der Waals surface area (Å²) >= 11 is 1.22. The number of carbonyl (C=O) groups is 2. The van der Waals surface area contributed by atoms with E-state index in [0.717, 1.165) is 18.8 Å². The van der Waals surface area contributed by atoms with E-state index in [1.54, 1.807) is 10.3 Å². The average Bonchev–Trinajstić information content (AvgIpc) is 3.04. The van der Waals surface area contributed by atoms with Crippen LogP contribution in [0.2, 0.25) is 0 Å². The molecule has 1 aromatic carbocycles. The predicted molar refractivity (Wildman–Crippen MR) is 90.5 cm³/mol. The Hall–Kier alpha value is -2.54. The quantitative estimate of drug-likeness (QED) is 0.907. The topological polar surface area (TPSA) is 72.9 Å². The van der Waals surface area contributed by atoms with Crippen molar-refractivity contribution in [1.82, 2.24) is 4.90 Å². The van der Waals surface area contributed by atoms with Gasteiger partial charge in [0.25, 0.3) is 0 Å². The number of thiophene rings is 1. The molecule has 1 saturated heterocycles. The molecule has 7 heteroatoms. The Bertz CT molecular complexity index is 694. The van der Waals surface area contributed by atoms with E-state index < -0.39 is 5.97 Å². The maximum absolute atomic E-state index is 12.3. The minimum atomic E-state index is -1.03. The van der Waals surface area contributed by atoms with E-state index in [1.807, 2.05) is 18.2 Å². The SMILES string of the molecule is O=C(O)c1ccsc1NC(=O)N1CCN(c2ccccc2)CC1. The van der Waals surface area contributed by atoms with Gasteiger partial charge >= 0.3 is 12.0 Å². The molecule has 0 aliphatic carbocycles. The Kier molecular flexibility index (Phi) is 4.47. The molecule has 1 aliphatic rings. The van der Waals surface area contributed by atoms with Crippen LogP contribution in [0, 0.1) is 0 Å². The number of anilines is 2. The molecule has 0 radical (unpaired) electrons. The van der Waals surface area contributed by atoms with E-state index in [1.165, 1.54) is 17.4 Å². The van der Waals surface area contributed by atoms with Crippen LogP contribution in [0.3, 0.4) is 0 Å². The lowest BCUT2D eigenvalue weighted by molar-refractivity contribution is 0.0698. The average molecular weight is 331 g/mol. The molecule has 2 heterocycles. The lowest BCUT2D eigenvalue weighted by Crippen LogP contribution is -2.50. The molecule has 1 fully saturated rings. The Morgan fingerprint density at radius 2 is 1.74 bits per heavy atom. The molecule has 2 aromatic rings. The number of carboxylic acids is 1. The number of para-hydroxylation sites is 1. The van der Waals surface area contributed by atoms with E-state index in [4.69, 9.17) is 5.11 Å². The lowest BCUT2D eigenvalue weighted by Gasteiger charge is -2.36. The first-order valence-corrected chi connectivity index (χ1v) is 8.20. The highest BCUT2D eigenvalue weighted by Crippen LogP contribution is 2.24. The van der Waals surface area contributed by atoms with Crippen LogP contribution in [0.5, 0.6) is 0 Å². The van der Waals surface area contributed by atoms with Gasteiger partial charge in [-0.15, -0.1) is 11.3 Å². The summed E-state index contributed by atoms with van der Waals surface area (Å²) in [5.41, 5.74) is 1.28. The smallest absolute Gasteiger partial charge is 0.338 e. The highest BCUT2D eigenvalue weighted by Gasteiger charge is 2.23. The fraction of sp³-hybridized carbons (Fsp3) is 0.250. The van der Waals surface area contributed by atoms with Crippen LogP contribution in [0.25, 0.3) is 0 Å². The third-order valence-electron chi connectivity index (χ3n) is 3.80. The van der Waals surface area contributed by atoms with Crippen molar-refractivity contribution in [2.75, 3.05) is 36.4 Å². The summed E-state index contributed by atoms with van der Waals surface area (Å²) in [6.45, 7) is 2.73. The fourth-order valence-corrected chi connectivity index (χ4v) is 3.33. The zero-order valence-corrected chi connectivity index (χ0v) is 13.3. The van der Waals surface area contributed by atoms with Gasteiger partial charge in [0.1, 0.15) is 5.00 Å². The molecular weight excluding hydrogens is 314 g/mol. The van der Waals surface area contributed by atoms with Crippen LogP contribution in [0.1, 0.15) is 10.4 Å². The van der Waals surface area contributed by atoms with E-state index in [2.05, 4.69) is 22.3 Å². The molecule has 3 rings (SSSR count). The second-order valence-corrected chi connectivity index (χ2v) is 6.12. The Morgan fingerprint density at radius 1 is 1.04 bits per heavy atom. The minimum absolute atomic E-state index is 0.131. The first-order valence-electron chi connectivity index (χ1n) is 7.32. The number of piperazine rings is 1. The maximum Gasteiger partial charge on any atom is 0.338 e. The van der Waals surface area contributed by atoms with E-state index in [-0.39, 0.29) is 11.6 Å². The summed E-state index contributed by atoms with van der Waals surface area (Å²) in [4.78, 5) is 27.3. The third kappa shape index (κ3) is 3.45. The van der Waals surface area contributed by atoms with Crippen molar-refractivity contribution in [3.05, 3.63) is 47.3 Å². The predicted octanol–water partition coefficient (Wildman–Crippen LogP) is 2.80. The Balaban J connectivity index is 1.58. The number of carbonyl (C=O) groups excluding carboxylic acids is 1. The van der Waals surface area contributed by atoms with Gasteiger partial charge in [0.2, 0.25) is 0 Å². The van der Waals surface area contributed by atoms with Crippen molar-refractivity contribution < 1.29 is 14.7 Å². The summed E-state index contributed by atoms with van der Waals surface area (Å²) in [7, 11) is 0. The lowest BCUT2D eigenvalue weighted by atomic mass is 10.2. The van der Waals surface area contributed by atoms with Crippen molar-refractivity contribution in [1.29, 1.82) is 0 Å². The molecule has 0 unspecified atom stereocenters. The minimum Gasteiger partial charge on any atom is -0.478 e. The summed E-state index contributed by atoms with van der Waals surface area (Å²) in [5, 5.41) is 13.8. The molecule has 0 spiro atoms. The van der Waals surface area contributed by atoms with Crippen LogP contribution in [-0.2, 0) is 0 Å². The van der Waals surface area contributed by atoms with Crippen molar-refractivity contribution in [3.63, 3.8) is 0 Å². The van der Waals surface area contributed by atoms with Crippen LogP contribution >= 0.6 is 11.3 Å². The molecule has 2 N–H and O–H groups in total. The summed E-state index contributed by atoms with van der Waals surface area (Å²) in [5.74, 6) is -1.03. The normalized spacial score (nSPS) is 14.6. The molecule has 0 bridgehead atoms. The molecule has 23 heavy (non-hydrogen) atoms. The van der Waals surface area contributed by atoms with E-state index in [9.17, 15) is 9.59 Å². The van der Waals surface area contributed by atoms with Crippen molar-refractivity contribution in [2.45, 2.75) is 0 Å². The Morgan fingerprint density at radius 3 is 2.39 bits per heavy atom. The van der Waals surface area contributed by atoms with Gasteiger partial charge in [-0.25, -0.2) is 9.59 Å². The van der Waals surface area contributed by atoms with Gasteiger partial charge in [-0.2, -0.15) is 0 Å². The second kappa shape index (κ2) is 6.70. The number of amides is 2. The number of carboxylic acid groups (broad SMARTS) is 1. The maximum atomic E-state index is 12.3. The van der Waals surface area contributed by atoms with Gasteiger partial charge in [-0.05, 0) is 23.6 Å². The van der Waals surface area contributed by atoms with Crippen molar-refractivity contribution in [3.8, 4) is 0 Å². The van der Waals surface area contributed by atoms with E-state index in [0.29, 0.717) is 18.1 Å². The molecule has 2 amide bonds. The van der Waals surface area contributed by atoms with Gasteiger partial charge in [-0.3, -0.25) is 5.32 Å². The number of nitrogens with zero attached hydrogens (tertiary/aromatic N) is 2. The molecule has 1 aliphatic heterocycles. The number of benzene rings is 1. The van der Waals surface area contributed by atoms with Gasteiger partial charge in [0, 0.05) is 31.9 Å². The molecule has 0 saturated carbocycles. The molecule has 6 nitrogen and oxygen atoms in total. The van der Waals surface area contributed by atoms with Gasteiger partial charge in [-0.1, -0.05) is 18.2 Å². The number of nitrogens with one attached hydrogen (secondary N) is 1. The highest BCUT2D eigenvalue weighted by molar-refractivity contribution is 7.14. The first-order chi connectivity index (χ1) is 11.1. The van der Waals surface area contributed by atoms with Gasteiger partial charge < -0.3 is 14.9 Å². The first kappa shape index (κ1) is 15.4. The molecular formula is C16H17N3O3S. The number of aromatic carboxylic acids is 1. The van der Waals surface area contributed by atoms with Gasteiger partial charge in [0.05, 0.1) is 5.56 Å². The number of rotatable bonds is 3. The number of hydrogen-bond acceptors (Lipinski definition) is 4. The highest BCUT2D eigenvalue weighted by atomic mass is 32.1. The summed E-state index contributed by atoms with van der Waals surface area (Å²) in [6, 6.07) is 11.3. The zero-order valence-electron chi connectivity index (χ0n) is 12.4. The zero-order chi connectivity index (χ0) is 16.2. The summed E-state index contributed by atoms with van der Waals surface area (Å²) in [6.07, 6.45) is 0. The second-order valence-electron chi connectivity index (χ2n) is 5.21. The van der Waals surface area contributed by atoms with Crippen LogP contribution in [0.4, 0.5) is 15.5 Å². The molecule has 1 aromatic heterocycles. The summed E-state index contributed by atoms with van der Waals surface area (Å²) < 4.78 is 0. The van der Waals surface area contributed by atoms with Crippen molar-refractivity contribution in [2.24, 2.45) is 0 Å². The van der Waals surface area contributed by atoms with Crippen LogP contribution in [-0.4, -0.2) is 48.2 Å². The monoisotopic (exact) mass is 331 g/mol. The molecule has 120 valence electrons. The van der Waals surface area contributed by atoms with Crippen LogP contribution in [0.15, 0.2) is 41.8 Å². The largest absolute Gasteiger partial charge is 0.478 e. The fourth-order valence-electron chi connectivity index (χ4n) is 2.56.